The van der Waals surface area contributed by atoms with E-state index in [0.717, 1.165) is 0 Å². The van der Waals surface area contributed by atoms with Gasteiger partial charge in [-0.25, -0.2) is 0 Å². The summed E-state index contributed by atoms with van der Waals surface area (Å²) >= 11 is 0. The topological polar surface area (TPSA) is 156 Å². The molecule has 6 N–H and O–H groups in total. The molecular formula is C8H16O8. The Labute approximate surface area is 91.4 Å². The molecule has 0 heterocycles. The summed E-state index contributed by atoms with van der Waals surface area (Å²) in [6, 6.07) is 0. The molecule has 0 aromatic heterocycles. The molecule has 8 nitrogen and oxygen atoms in total. The maximum atomic E-state index is 9.58. The van der Waals surface area contributed by atoms with Gasteiger partial charge in [-0.05, 0) is 0 Å². The van der Waals surface area contributed by atoms with Crippen molar-refractivity contribution in [2.75, 3.05) is 13.2 Å². The number of hydrogen-bond acceptors (Lipinski definition) is 8. The fraction of sp³-hybridized carbons (Fsp3) is 0.750. The molecule has 0 radical (unpaired) electrons. The van der Waals surface area contributed by atoms with Crippen LogP contribution >= 0.6 is 0 Å². The smallest absolute Gasteiger partial charge is 0.151 e. The van der Waals surface area contributed by atoms with Gasteiger partial charge in [0.05, 0.1) is 13.2 Å². The second-order valence-electron chi connectivity index (χ2n) is 2.75. The molecular weight excluding hydrogens is 224 g/mol. The van der Waals surface area contributed by atoms with Crippen molar-refractivity contribution >= 4 is 12.6 Å². The molecule has 0 fully saturated rings. The molecule has 0 amide bonds. The average Bonchev–Trinajstić information content (AvgIpc) is 2.35. The number of rotatable bonds is 6. The van der Waals surface area contributed by atoms with Crippen molar-refractivity contribution in [3.63, 3.8) is 0 Å². The van der Waals surface area contributed by atoms with E-state index in [4.69, 9.17) is 30.6 Å². The highest BCUT2D eigenvalue weighted by Crippen LogP contribution is 1.86. The maximum absolute atomic E-state index is 9.58. The van der Waals surface area contributed by atoms with Crippen molar-refractivity contribution in [1.29, 1.82) is 0 Å². The Hall–Kier alpha value is -0.900. The molecule has 0 rings (SSSR count). The lowest BCUT2D eigenvalue weighted by Crippen LogP contribution is -2.30. The normalized spacial score (nSPS) is 17.4. The molecule has 0 aliphatic heterocycles. The zero-order valence-corrected chi connectivity index (χ0v) is 8.38. The highest BCUT2D eigenvalue weighted by molar-refractivity contribution is 5.56. The van der Waals surface area contributed by atoms with Gasteiger partial charge in [0.1, 0.15) is 24.4 Å². The van der Waals surface area contributed by atoms with E-state index in [1.807, 2.05) is 0 Å². The Kier molecular flexibility index (Phi) is 11.6. The number of aliphatic hydroxyl groups excluding tert-OH is 6. The number of aldehydes is 2. The Balaban J connectivity index is 0. The molecule has 0 saturated carbocycles. The third-order valence-electron chi connectivity index (χ3n) is 1.44. The summed E-state index contributed by atoms with van der Waals surface area (Å²) in [5.74, 6) is 0. The Morgan fingerprint density at radius 1 is 0.750 bits per heavy atom. The fourth-order valence-electron chi connectivity index (χ4n) is 0.397. The van der Waals surface area contributed by atoms with Crippen molar-refractivity contribution in [2.45, 2.75) is 24.4 Å². The summed E-state index contributed by atoms with van der Waals surface area (Å²) in [7, 11) is 0. The first-order valence-corrected chi connectivity index (χ1v) is 4.29. The van der Waals surface area contributed by atoms with E-state index >= 15 is 0 Å². The number of hydrogen-bond donors (Lipinski definition) is 6. The van der Waals surface area contributed by atoms with Crippen LogP contribution in [0.2, 0.25) is 0 Å². The Morgan fingerprint density at radius 2 is 1.00 bits per heavy atom. The fourth-order valence-corrected chi connectivity index (χ4v) is 0.397. The van der Waals surface area contributed by atoms with Gasteiger partial charge < -0.3 is 40.2 Å². The molecule has 0 aliphatic carbocycles. The van der Waals surface area contributed by atoms with Gasteiger partial charge in [0.2, 0.25) is 0 Å². The predicted molar refractivity (Wildman–Crippen MR) is 50.3 cm³/mol. The summed E-state index contributed by atoms with van der Waals surface area (Å²) < 4.78 is 0. The molecule has 16 heavy (non-hydrogen) atoms. The van der Waals surface area contributed by atoms with E-state index in [1.165, 1.54) is 0 Å². The lowest BCUT2D eigenvalue weighted by molar-refractivity contribution is -0.122. The van der Waals surface area contributed by atoms with Gasteiger partial charge >= 0.3 is 0 Å². The first kappa shape index (κ1) is 17.5. The minimum absolute atomic E-state index is 0.168. The predicted octanol–water partition coefficient (Wildman–Crippen LogP) is -4.20. The third-order valence-corrected chi connectivity index (χ3v) is 1.44. The Bertz CT molecular complexity index is 165. The van der Waals surface area contributed by atoms with E-state index in [2.05, 4.69) is 0 Å². The Morgan fingerprint density at radius 3 is 1.06 bits per heavy atom. The summed E-state index contributed by atoms with van der Waals surface area (Å²) in [5, 5.41) is 49.6. The number of aliphatic hydroxyl groups is 6. The summed E-state index contributed by atoms with van der Waals surface area (Å²) in [5.41, 5.74) is 0. The van der Waals surface area contributed by atoms with E-state index in [1.54, 1.807) is 0 Å². The highest BCUT2D eigenvalue weighted by Gasteiger charge is 2.12. The van der Waals surface area contributed by atoms with Gasteiger partial charge in [-0.2, -0.15) is 0 Å². The van der Waals surface area contributed by atoms with Gasteiger partial charge in [0.15, 0.2) is 12.6 Å². The maximum Gasteiger partial charge on any atom is 0.151 e. The summed E-state index contributed by atoms with van der Waals surface area (Å²) in [6.45, 7) is -1.19. The zero-order valence-electron chi connectivity index (χ0n) is 8.38. The van der Waals surface area contributed by atoms with Crippen LogP contribution in [0.3, 0.4) is 0 Å². The molecule has 96 valence electrons. The number of carbonyl (C=O) groups is 2. The quantitative estimate of drug-likeness (QED) is 0.255. The molecule has 4 atom stereocenters. The van der Waals surface area contributed by atoms with Crippen molar-refractivity contribution in [2.24, 2.45) is 0 Å². The van der Waals surface area contributed by atoms with Gasteiger partial charge in [-0.3, -0.25) is 0 Å². The monoisotopic (exact) mass is 240 g/mol. The van der Waals surface area contributed by atoms with Crippen LogP contribution in [0.25, 0.3) is 0 Å². The molecule has 0 bridgehead atoms. The molecule has 0 spiro atoms. The van der Waals surface area contributed by atoms with Crippen molar-refractivity contribution in [3.05, 3.63) is 0 Å². The van der Waals surface area contributed by atoms with Gasteiger partial charge in [0, 0.05) is 0 Å². The van der Waals surface area contributed by atoms with Crippen LogP contribution < -0.4 is 0 Å². The van der Waals surface area contributed by atoms with E-state index < -0.39 is 37.6 Å². The second kappa shape index (κ2) is 10.6. The minimum atomic E-state index is -1.46. The highest BCUT2D eigenvalue weighted by atomic mass is 16.4. The minimum Gasteiger partial charge on any atom is -0.394 e. The molecule has 0 saturated heterocycles. The summed E-state index contributed by atoms with van der Waals surface area (Å²) in [4.78, 5) is 19.2. The SMILES string of the molecule is O=C[C@@H](O)[C@H](O)CO.O=C[C@@H](O)[C@H](O)CO. The molecule has 8 heteroatoms. The van der Waals surface area contributed by atoms with E-state index in [-0.39, 0.29) is 12.6 Å². The third kappa shape index (κ3) is 8.41. The summed E-state index contributed by atoms with van der Waals surface area (Å²) in [6.07, 6.45) is -5.26. The largest absolute Gasteiger partial charge is 0.394 e. The van der Waals surface area contributed by atoms with Crippen LogP contribution in [-0.4, -0.2) is 80.8 Å². The van der Waals surface area contributed by atoms with Crippen molar-refractivity contribution in [1.82, 2.24) is 0 Å². The van der Waals surface area contributed by atoms with Gasteiger partial charge in [-0.15, -0.1) is 0 Å². The lowest BCUT2D eigenvalue weighted by atomic mass is 10.2. The van der Waals surface area contributed by atoms with Crippen LogP contribution in [0.15, 0.2) is 0 Å². The number of carbonyl (C=O) groups excluding carboxylic acids is 2. The zero-order chi connectivity index (χ0) is 13.1. The van der Waals surface area contributed by atoms with Crippen molar-refractivity contribution in [3.8, 4) is 0 Å². The molecule has 0 aliphatic rings. The van der Waals surface area contributed by atoms with E-state index in [0.29, 0.717) is 0 Å². The van der Waals surface area contributed by atoms with Crippen LogP contribution in [0.4, 0.5) is 0 Å². The lowest BCUT2D eigenvalue weighted by Gasteiger charge is -2.06. The van der Waals surface area contributed by atoms with E-state index in [9.17, 15) is 9.59 Å². The van der Waals surface area contributed by atoms with Crippen molar-refractivity contribution < 1.29 is 40.2 Å². The molecule has 0 aromatic rings. The second-order valence-corrected chi connectivity index (χ2v) is 2.75. The molecule has 0 aromatic carbocycles. The van der Waals surface area contributed by atoms with Crippen LogP contribution in [-0.2, 0) is 9.59 Å². The van der Waals surface area contributed by atoms with Crippen LogP contribution in [0.5, 0.6) is 0 Å². The average molecular weight is 240 g/mol. The van der Waals surface area contributed by atoms with Gasteiger partial charge in [0.25, 0.3) is 0 Å². The molecule has 0 unspecified atom stereocenters. The standard InChI is InChI=1S/2C4H8O4/c2*5-1-3(7)4(8)2-6/h2*1,3-4,6-8H,2H2/t2*3-,4-/m11/s1. The van der Waals surface area contributed by atoms with Crippen LogP contribution in [0, 0.1) is 0 Å². The van der Waals surface area contributed by atoms with Gasteiger partial charge in [-0.1, -0.05) is 0 Å². The van der Waals surface area contributed by atoms with Crippen LogP contribution in [0.1, 0.15) is 0 Å². The first-order valence-electron chi connectivity index (χ1n) is 4.29. The first-order chi connectivity index (χ1) is 7.44.